The summed E-state index contributed by atoms with van der Waals surface area (Å²) in [4.78, 5) is 0.0356. The van der Waals surface area contributed by atoms with Crippen molar-refractivity contribution in [1.29, 1.82) is 0 Å². The third kappa shape index (κ3) is 4.20. The molecule has 0 N–H and O–H groups in total. The first kappa shape index (κ1) is 18.0. The molecule has 3 nitrogen and oxygen atoms in total. The van der Waals surface area contributed by atoms with Crippen molar-refractivity contribution in [3.05, 3.63) is 0 Å². The molecular weight excluding hydrogens is 293 g/mol. The Hall–Kier alpha value is -1.08. The molecule has 1 aliphatic rings. The Kier molecular flexibility index (Phi) is 5.10. The second kappa shape index (κ2) is 5.96. The minimum atomic E-state index is -5.63. The summed E-state index contributed by atoms with van der Waals surface area (Å²) in [5.74, 6) is 0. The molecule has 0 saturated carbocycles. The highest BCUT2D eigenvalue weighted by Crippen LogP contribution is 2.42. The summed E-state index contributed by atoms with van der Waals surface area (Å²) >= 11 is 0. The van der Waals surface area contributed by atoms with Crippen molar-refractivity contribution in [2.45, 2.75) is 65.3 Å². The second-order valence-electron chi connectivity index (χ2n) is 6.44. The topological polar surface area (TPSA) is 18.8 Å². The summed E-state index contributed by atoms with van der Waals surface area (Å²) in [6.45, 7) is 7.67. The fourth-order valence-corrected chi connectivity index (χ4v) is 2.10. The Labute approximate surface area is 121 Å². The highest BCUT2D eigenvalue weighted by molar-refractivity contribution is 5.58. The Balaban J connectivity index is 3.00. The second-order valence-corrected chi connectivity index (χ2v) is 6.44. The maximum absolute atomic E-state index is 13.6. The van der Waals surface area contributed by atoms with Gasteiger partial charge in [-0.3, -0.25) is 9.91 Å². The highest BCUT2D eigenvalue weighted by Gasteiger charge is 2.64. The van der Waals surface area contributed by atoms with Crippen LogP contribution in [-0.2, 0) is 0 Å². The van der Waals surface area contributed by atoms with Gasteiger partial charge in [-0.1, -0.05) is 34.1 Å². The van der Waals surface area contributed by atoms with Crippen molar-refractivity contribution < 1.29 is 22.0 Å². The first-order valence-corrected chi connectivity index (χ1v) is 6.94. The molecule has 1 heterocycles. The number of unbranched alkanes of at least 4 members (excludes halogenated alkanes) is 1. The van der Waals surface area contributed by atoms with Gasteiger partial charge >= 0.3 is 12.2 Å². The highest BCUT2D eigenvalue weighted by atomic mass is 19.4. The Morgan fingerprint density at radius 1 is 1.10 bits per heavy atom. The van der Waals surface area contributed by atoms with Crippen molar-refractivity contribution >= 4 is 6.34 Å². The molecule has 1 aliphatic heterocycles. The smallest absolute Gasteiger partial charge is 0.273 e. The quantitative estimate of drug-likeness (QED) is 0.557. The molecular formula is C13H22F5N3. The molecule has 1 atom stereocenters. The third-order valence-corrected chi connectivity index (χ3v) is 3.19. The van der Waals surface area contributed by atoms with Gasteiger partial charge in [0.05, 0.1) is 0 Å². The SMILES string of the molecule is CCCCN1N=CN(C(F)(F)C(F)(F)F)C1CC(C)(C)C. The zero-order valence-corrected chi connectivity index (χ0v) is 12.7. The fourth-order valence-electron chi connectivity index (χ4n) is 2.10. The van der Waals surface area contributed by atoms with Gasteiger partial charge in [-0.15, -0.1) is 0 Å². The number of hydrazone groups is 1. The molecule has 0 aromatic carbocycles. The molecule has 0 aromatic rings. The van der Waals surface area contributed by atoms with Crippen LogP contribution in [0, 0.1) is 5.41 Å². The molecule has 0 aromatic heterocycles. The normalized spacial score (nSPS) is 20.5. The molecule has 1 unspecified atom stereocenters. The minimum Gasteiger partial charge on any atom is -0.273 e. The lowest BCUT2D eigenvalue weighted by Gasteiger charge is -2.38. The molecule has 0 aliphatic carbocycles. The van der Waals surface area contributed by atoms with Crippen molar-refractivity contribution in [2.75, 3.05) is 6.54 Å². The van der Waals surface area contributed by atoms with Crippen LogP contribution in [0.3, 0.4) is 0 Å². The molecule has 0 amide bonds. The Morgan fingerprint density at radius 2 is 1.67 bits per heavy atom. The number of nitrogens with zero attached hydrogens (tertiary/aromatic N) is 3. The molecule has 21 heavy (non-hydrogen) atoms. The van der Waals surface area contributed by atoms with Gasteiger partial charge < -0.3 is 0 Å². The maximum Gasteiger partial charge on any atom is 0.475 e. The molecule has 0 fully saturated rings. The zero-order valence-electron chi connectivity index (χ0n) is 12.7. The van der Waals surface area contributed by atoms with Gasteiger partial charge in [0.1, 0.15) is 12.5 Å². The fraction of sp³-hybridized carbons (Fsp3) is 0.923. The molecule has 0 saturated heterocycles. The number of alkyl halides is 5. The van der Waals surface area contributed by atoms with E-state index in [2.05, 4.69) is 5.10 Å². The summed E-state index contributed by atoms with van der Waals surface area (Å²) in [5.41, 5.74) is -0.400. The molecule has 1 rings (SSSR count). The van der Waals surface area contributed by atoms with Crippen molar-refractivity contribution in [2.24, 2.45) is 10.5 Å². The summed E-state index contributed by atoms with van der Waals surface area (Å²) in [6, 6.07) is -4.92. The average Bonchev–Trinajstić information content (AvgIpc) is 2.66. The van der Waals surface area contributed by atoms with Gasteiger partial charge in [-0.05, 0) is 18.3 Å². The van der Waals surface area contributed by atoms with E-state index in [0.29, 0.717) is 19.3 Å². The van der Waals surface area contributed by atoms with Gasteiger partial charge in [0.2, 0.25) is 0 Å². The van der Waals surface area contributed by atoms with Crippen LogP contribution < -0.4 is 0 Å². The van der Waals surface area contributed by atoms with Gasteiger partial charge in [0.25, 0.3) is 0 Å². The van der Waals surface area contributed by atoms with E-state index >= 15 is 0 Å². The van der Waals surface area contributed by atoms with Crippen molar-refractivity contribution in [3.63, 3.8) is 0 Å². The number of rotatable bonds is 5. The van der Waals surface area contributed by atoms with Crippen LogP contribution in [0.15, 0.2) is 5.10 Å². The molecule has 0 radical (unpaired) electrons. The van der Waals surface area contributed by atoms with Crippen molar-refractivity contribution in [3.8, 4) is 0 Å². The third-order valence-electron chi connectivity index (χ3n) is 3.19. The number of hydrogen-bond donors (Lipinski definition) is 0. The van der Waals surface area contributed by atoms with Gasteiger partial charge in [-0.2, -0.15) is 27.1 Å². The van der Waals surface area contributed by atoms with E-state index in [1.165, 1.54) is 5.01 Å². The van der Waals surface area contributed by atoms with E-state index in [4.69, 9.17) is 0 Å². The van der Waals surface area contributed by atoms with Crippen molar-refractivity contribution in [1.82, 2.24) is 9.91 Å². The number of hydrogen-bond acceptors (Lipinski definition) is 3. The van der Waals surface area contributed by atoms with Gasteiger partial charge in [-0.25, -0.2) is 0 Å². The van der Waals surface area contributed by atoms with Crippen LogP contribution in [0.25, 0.3) is 0 Å². The van der Waals surface area contributed by atoms with E-state index < -0.39 is 23.8 Å². The summed E-state index contributed by atoms with van der Waals surface area (Å²) in [5, 5.41) is 5.08. The van der Waals surface area contributed by atoms with Gasteiger partial charge in [0.15, 0.2) is 0 Å². The van der Waals surface area contributed by atoms with Crippen LogP contribution in [0.4, 0.5) is 22.0 Å². The van der Waals surface area contributed by atoms with Crippen LogP contribution >= 0.6 is 0 Å². The van der Waals surface area contributed by atoms with E-state index in [-0.39, 0.29) is 11.3 Å². The largest absolute Gasteiger partial charge is 0.475 e. The summed E-state index contributed by atoms with van der Waals surface area (Å²) < 4.78 is 65.1. The zero-order chi connectivity index (χ0) is 16.5. The lowest BCUT2D eigenvalue weighted by Crippen LogP contribution is -2.57. The number of halogens is 5. The van der Waals surface area contributed by atoms with Crippen LogP contribution in [0.2, 0.25) is 0 Å². The lowest BCUT2D eigenvalue weighted by molar-refractivity contribution is -0.334. The summed E-state index contributed by atoms with van der Waals surface area (Å²) in [6.07, 6.45) is -4.46. The van der Waals surface area contributed by atoms with E-state index in [1.54, 1.807) is 20.8 Å². The summed E-state index contributed by atoms with van der Waals surface area (Å²) in [7, 11) is 0. The minimum absolute atomic E-state index is 0.0356. The van der Waals surface area contributed by atoms with Crippen LogP contribution in [0.5, 0.6) is 0 Å². The average molecular weight is 315 g/mol. The van der Waals surface area contributed by atoms with E-state index in [9.17, 15) is 22.0 Å². The maximum atomic E-state index is 13.6. The molecule has 124 valence electrons. The first-order chi connectivity index (χ1) is 9.40. The van der Waals surface area contributed by atoms with Crippen LogP contribution in [-0.4, -0.2) is 41.2 Å². The molecule has 0 bridgehead atoms. The Morgan fingerprint density at radius 3 is 2.10 bits per heavy atom. The lowest BCUT2D eigenvalue weighted by atomic mass is 9.90. The van der Waals surface area contributed by atoms with Crippen LogP contribution in [0.1, 0.15) is 47.0 Å². The predicted octanol–water partition coefficient (Wildman–Crippen LogP) is 4.26. The molecule has 8 heteroatoms. The standard InChI is InChI=1S/C13H22F5N3/c1-5-6-7-21-10(8-11(2,3)4)20(9-19-21)13(17,18)12(14,15)16/h9-10H,5-8H2,1-4H3. The van der Waals surface area contributed by atoms with E-state index in [1.807, 2.05) is 6.92 Å². The first-order valence-electron chi connectivity index (χ1n) is 6.94. The molecule has 0 spiro atoms. The monoisotopic (exact) mass is 315 g/mol. The Bertz CT molecular complexity index is 373. The predicted molar refractivity (Wildman–Crippen MR) is 70.8 cm³/mol. The van der Waals surface area contributed by atoms with E-state index in [0.717, 1.165) is 6.42 Å². The van der Waals surface area contributed by atoms with Gasteiger partial charge in [0, 0.05) is 6.54 Å².